The van der Waals surface area contributed by atoms with Gasteiger partial charge in [-0.1, -0.05) is 35.5 Å². The van der Waals surface area contributed by atoms with Crippen molar-refractivity contribution in [1.29, 1.82) is 0 Å². The third kappa shape index (κ3) is 2.92. The molecule has 0 saturated heterocycles. The standard InChI is InChI=1S/C14H14N4OS/c15-11(7-6-10-4-2-1-3-5-10)14-17-13(18-19-14)12-8-20-9-16-12/h1-5,8-9,11H,6-7,15H2. The Bertz CT molecular complexity index is 651. The van der Waals surface area contributed by atoms with Gasteiger partial charge in [-0.15, -0.1) is 11.3 Å². The predicted octanol–water partition coefficient (Wildman–Crippen LogP) is 2.83. The largest absolute Gasteiger partial charge is 0.337 e. The van der Waals surface area contributed by atoms with E-state index in [-0.39, 0.29) is 6.04 Å². The SMILES string of the molecule is NC(CCc1ccccc1)c1nc(-c2cscn2)no1. The number of aromatic nitrogens is 3. The summed E-state index contributed by atoms with van der Waals surface area (Å²) in [6.45, 7) is 0. The minimum Gasteiger partial charge on any atom is -0.337 e. The molecule has 20 heavy (non-hydrogen) atoms. The Morgan fingerprint density at radius 3 is 2.85 bits per heavy atom. The highest BCUT2D eigenvalue weighted by atomic mass is 32.1. The van der Waals surface area contributed by atoms with Crippen molar-refractivity contribution in [2.45, 2.75) is 18.9 Å². The smallest absolute Gasteiger partial charge is 0.243 e. The van der Waals surface area contributed by atoms with Crippen LogP contribution in [0.4, 0.5) is 0 Å². The second-order valence-corrected chi connectivity index (χ2v) is 5.18. The minimum atomic E-state index is -0.255. The molecule has 2 aromatic heterocycles. The molecule has 6 heteroatoms. The third-order valence-corrected chi connectivity index (χ3v) is 3.59. The monoisotopic (exact) mass is 286 g/mol. The topological polar surface area (TPSA) is 77.8 Å². The van der Waals surface area contributed by atoms with Crippen molar-refractivity contribution >= 4 is 11.3 Å². The Morgan fingerprint density at radius 1 is 1.25 bits per heavy atom. The molecule has 1 aromatic carbocycles. The Kier molecular flexibility index (Phi) is 3.85. The second-order valence-electron chi connectivity index (χ2n) is 4.46. The van der Waals surface area contributed by atoms with Crippen LogP contribution in [-0.4, -0.2) is 15.1 Å². The van der Waals surface area contributed by atoms with Crippen molar-refractivity contribution in [3.05, 3.63) is 52.7 Å². The van der Waals surface area contributed by atoms with Crippen LogP contribution in [0.5, 0.6) is 0 Å². The molecule has 0 fully saturated rings. The number of nitrogens with two attached hydrogens (primary N) is 1. The zero-order chi connectivity index (χ0) is 13.8. The van der Waals surface area contributed by atoms with E-state index >= 15 is 0 Å². The summed E-state index contributed by atoms with van der Waals surface area (Å²) in [6.07, 6.45) is 1.65. The van der Waals surface area contributed by atoms with Gasteiger partial charge in [0, 0.05) is 5.38 Å². The van der Waals surface area contributed by atoms with Gasteiger partial charge in [-0.3, -0.25) is 0 Å². The molecule has 0 aliphatic rings. The molecule has 3 aromatic rings. The van der Waals surface area contributed by atoms with Gasteiger partial charge in [-0.25, -0.2) is 4.98 Å². The first-order chi connectivity index (χ1) is 9.83. The van der Waals surface area contributed by atoms with Gasteiger partial charge in [-0.2, -0.15) is 4.98 Å². The highest BCUT2D eigenvalue weighted by molar-refractivity contribution is 7.07. The van der Waals surface area contributed by atoms with E-state index in [0.29, 0.717) is 11.7 Å². The Morgan fingerprint density at radius 2 is 2.10 bits per heavy atom. The number of hydrogen-bond donors (Lipinski definition) is 1. The van der Waals surface area contributed by atoms with Gasteiger partial charge in [-0.05, 0) is 18.4 Å². The van der Waals surface area contributed by atoms with Crippen LogP contribution in [0, 0.1) is 0 Å². The van der Waals surface area contributed by atoms with Crippen molar-refractivity contribution in [3.63, 3.8) is 0 Å². The van der Waals surface area contributed by atoms with Crippen molar-refractivity contribution in [1.82, 2.24) is 15.1 Å². The van der Waals surface area contributed by atoms with E-state index in [1.165, 1.54) is 16.9 Å². The fourth-order valence-corrected chi connectivity index (χ4v) is 2.43. The lowest BCUT2D eigenvalue weighted by Gasteiger charge is -2.06. The van der Waals surface area contributed by atoms with Gasteiger partial charge in [0.1, 0.15) is 5.69 Å². The number of rotatable bonds is 5. The van der Waals surface area contributed by atoms with Crippen LogP contribution < -0.4 is 5.73 Å². The zero-order valence-electron chi connectivity index (χ0n) is 10.8. The van der Waals surface area contributed by atoms with E-state index in [9.17, 15) is 0 Å². The Hall–Kier alpha value is -2.05. The van der Waals surface area contributed by atoms with Crippen LogP contribution in [0.25, 0.3) is 11.5 Å². The lowest BCUT2D eigenvalue weighted by atomic mass is 10.1. The first-order valence-corrected chi connectivity index (χ1v) is 7.29. The summed E-state index contributed by atoms with van der Waals surface area (Å²) in [5.74, 6) is 0.959. The molecule has 1 unspecified atom stereocenters. The van der Waals surface area contributed by atoms with E-state index < -0.39 is 0 Å². The van der Waals surface area contributed by atoms with E-state index in [1.54, 1.807) is 5.51 Å². The molecule has 2 heterocycles. The van der Waals surface area contributed by atoms with Gasteiger partial charge in [0.05, 0.1) is 11.6 Å². The Balaban J connectivity index is 1.64. The van der Waals surface area contributed by atoms with Gasteiger partial charge in [0.25, 0.3) is 0 Å². The van der Waals surface area contributed by atoms with Crippen LogP contribution in [0.3, 0.4) is 0 Å². The maximum atomic E-state index is 6.10. The lowest BCUT2D eigenvalue weighted by Crippen LogP contribution is -2.11. The highest BCUT2D eigenvalue weighted by Gasteiger charge is 2.16. The van der Waals surface area contributed by atoms with Crippen LogP contribution in [-0.2, 0) is 6.42 Å². The molecule has 0 saturated carbocycles. The average molecular weight is 286 g/mol. The minimum absolute atomic E-state index is 0.255. The molecule has 0 aliphatic carbocycles. The summed E-state index contributed by atoms with van der Waals surface area (Å²) in [5, 5.41) is 5.79. The van der Waals surface area contributed by atoms with Crippen molar-refractivity contribution in [3.8, 4) is 11.5 Å². The molecule has 0 aliphatic heterocycles. The molecule has 2 N–H and O–H groups in total. The van der Waals surface area contributed by atoms with Crippen LogP contribution in [0.2, 0.25) is 0 Å². The zero-order valence-corrected chi connectivity index (χ0v) is 11.6. The molecular weight excluding hydrogens is 272 g/mol. The summed E-state index contributed by atoms with van der Waals surface area (Å²) in [5.41, 5.74) is 9.81. The predicted molar refractivity (Wildman–Crippen MR) is 77.1 cm³/mol. The van der Waals surface area contributed by atoms with Gasteiger partial charge < -0.3 is 10.3 Å². The first kappa shape index (κ1) is 13.0. The molecule has 5 nitrogen and oxygen atoms in total. The second kappa shape index (κ2) is 5.94. The summed E-state index contributed by atoms with van der Waals surface area (Å²) in [6, 6.07) is 9.96. The summed E-state index contributed by atoms with van der Waals surface area (Å²) in [4.78, 5) is 8.45. The maximum Gasteiger partial charge on any atom is 0.243 e. The molecular formula is C14H14N4OS. The fraction of sp³-hybridized carbons (Fsp3) is 0.214. The molecule has 1 atom stereocenters. The van der Waals surface area contributed by atoms with Crippen LogP contribution >= 0.6 is 11.3 Å². The maximum absolute atomic E-state index is 6.10. The summed E-state index contributed by atoms with van der Waals surface area (Å²) in [7, 11) is 0. The normalized spacial score (nSPS) is 12.4. The highest BCUT2D eigenvalue weighted by Crippen LogP contribution is 2.20. The molecule has 3 rings (SSSR count). The van der Waals surface area contributed by atoms with Gasteiger partial charge >= 0.3 is 0 Å². The van der Waals surface area contributed by atoms with Crippen molar-refractivity contribution in [2.24, 2.45) is 5.73 Å². The number of benzene rings is 1. The number of hydrogen-bond acceptors (Lipinski definition) is 6. The molecule has 102 valence electrons. The average Bonchev–Trinajstić information content (AvgIpc) is 3.16. The number of thiazole rings is 1. The number of nitrogens with zero attached hydrogens (tertiary/aromatic N) is 3. The van der Waals surface area contributed by atoms with Crippen LogP contribution in [0.1, 0.15) is 23.9 Å². The summed E-state index contributed by atoms with van der Waals surface area (Å²) < 4.78 is 5.22. The molecule has 0 radical (unpaired) electrons. The molecule has 0 amide bonds. The fourth-order valence-electron chi connectivity index (χ4n) is 1.90. The van der Waals surface area contributed by atoms with Gasteiger partial charge in [0.15, 0.2) is 0 Å². The lowest BCUT2D eigenvalue weighted by molar-refractivity contribution is 0.349. The number of aryl methyl sites for hydroxylation is 1. The van der Waals surface area contributed by atoms with E-state index in [1.807, 2.05) is 23.6 Å². The van der Waals surface area contributed by atoms with E-state index in [4.69, 9.17) is 10.3 Å². The third-order valence-electron chi connectivity index (χ3n) is 3.01. The quantitative estimate of drug-likeness (QED) is 0.780. The van der Waals surface area contributed by atoms with Gasteiger partial charge in [0.2, 0.25) is 11.7 Å². The Labute approximate surface area is 120 Å². The van der Waals surface area contributed by atoms with Crippen LogP contribution in [0.15, 0.2) is 45.7 Å². The van der Waals surface area contributed by atoms with E-state index in [0.717, 1.165) is 18.5 Å². The summed E-state index contributed by atoms with van der Waals surface area (Å²) >= 11 is 1.50. The van der Waals surface area contributed by atoms with Crippen molar-refractivity contribution < 1.29 is 4.52 Å². The molecule has 0 spiro atoms. The van der Waals surface area contributed by atoms with E-state index in [2.05, 4.69) is 27.3 Å². The first-order valence-electron chi connectivity index (χ1n) is 6.34. The van der Waals surface area contributed by atoms with Crippen molar-refractivity contribution in [2.75, 3.05) is 0 Å². The molecule has 0 bridgehead atoms.